The Morgan fingerprint density at radius 1 is 0.943 bits per heavy atom. The van der Waals surface area contributed by atoms with Crippen molar-refractivity contribution in [2.24, 2.45) is 0 Å². The second-order valence-electron chi connectivity index (χ2n) is 9.41. The molecule has 1 N–H and O–H groups in total. The Hall–Kier alpha value is -3.54. The van der Waals surface area contributed by atoms with Crippen molar-refractivity contribution in [3.63, 3.8) is 0 Å². The molecule has 178 valence electrons. The van der Waals surface area contributed by atoms with Crippen LogP contribution in [0.5, 0.6) is 0 Å². The summed E-state index contributed by atoms with van der Waals surface area (Å²) < 4.78 is -0.309. The van der Waals surface area contributed by atoms with Gasteiger partial charge < -0.3 is 15.2 Å². The molecule has 35 heavy (non-hydrogen) atoms. The fourth-order valence-electron chi connectivity index (χ4n) is 5.19. The Balaban J connectivity index is 1.68. The molecule has 1 aliphatic rings. The van der Waals surface area contributed by atoms with Gasteiger partial charge in [0, 0.05) is 29.4 Å². The number of nitrogens with zero attached hydrogens (tertiary/aromatic N) is 2. The van der Waals surface area contributed by atoms with Crippen molar-refractivity contribution in [3.8, 4) is 11.3 Å². The zero-order valence-corrected chi connectivity index (χ0v) is 20.1. The normalized spacial score (nSPS) is 15.7. The van der Waals surface area contributed by atoms with Gasteiger partial charge in [-0.25, -0.2) is 4.98 Å². The number of carbonyl (C=O) groups is 1. The molecule has 0 bridgehead atoms. The zero-order chi connectivity index (χ0) is 24.3. The van der Waals surface area contributed by atoms with Crippen molar-refractivity contribution in [1.29, 1.82) is 0 Å². The molecule has 0 spiro atoms. The van der Waals surface area contributed by atoms with Crippen molar-refractivity contribution < 1.29 is 9.44 Å². The van der Waals surface area contributed by atoms with Crippen LogP contribution < -0.4 is 5.32 Å². The van der Waals surface area contributed by atoms with E-state index in [9.17, 15) is 10.0 Å². The summed E-state index contributed by atoms with van der Waals surface area (Å²) in [6, 6.07) is 27.6. The first-order valence-corrected chi connectivity index (χ1v) is 12.5. The molecule has 1 aromatic heterocycles. The predicted molar refractivity (Wildman–Crippen MR) is 140 cm³/mol. The number of quaternary nitrogens is 1. The molecule has 5 nitrogen and oxygen atoms in total. The molecule has 1 saturated heterocycles. The quantitative estimate of drug-likeness (QED) is 0.254. The van der Waals surface area contributed by atoms with Crippen molar-refractivity contribution in [3.05, 3.63) is 107 Å². The van der Waals surface area contributed by atoms with Crippen molar-refractivity contribution >= 4 is 16.8 Å². The number of hydrogen-bond acceptors (Lipinski definition) is 3. The maximum atomic E-state index is 14.0. The van der Waals surface area contributed by atoms with Crippen molar-refractivity contribution in [2.45, 2.75) is 38.8 Å². The molecular weight excluding hydrogens is 434 g/mol. The Bertz CT molecular complexity index is 1320. The standard InChI is InChI=1S/C30H31N3O2/c1-2-26(22-13-5-3-6-14-22)32-30(34)28-24-17-9-10-18-27(24)31-29(23-15-7-4-8-16-23)25(28)21-33(35)19-11-12-20-33/h3-10,13-18,26H,2,11-12,19-21H2,1H3,(H,32,34). The molecule has 1 fully saturated rings. The van der Waals surface area contributed by atoms with Gasteiger partial charge in [0.05, 0.1) is 35.9 Å². The van der Waals surface area contributed by atoms with E-state index in [4.69, 9.17) is 4.98 Å². The Morgan fingerprint density at radius 3 is 2.26 bits per heavy atom. The number of hydrogen-bond donors (Lipinski definition) is 1. The number of fused-ring (bicyclic) bond motifs is 1. The number of carbonyl (C=O) groups excluding carboxylic acids is 1. The Morgan fingerprint density at radius 2 is 1.57 bits per heavy atom. The summed E-state index contributed by atoms with van der Waals surface area (Å²) in [5, 5.41) is 17.7. The number of para-hydroxylation sites is 1. The lowest BCUT2D eigenvalue weighted by Crippen LogP contribution is -2.39. The highest BCUT2D eigenvalue weighted by atomic mass is 16.5. The molecule has 5 rings (SSSR count). The minimum atomic E-state index is -0.309. The van der Waals surface area contributed by atoms with Crippen LogP contribution in [0.3, 0.4) is 0 Å². The summed E-state index contributed by atoms with van der Waals surface area (Å²) >= 11 is 0. The predicted octanol–water partition coefficient (Wildman–Crippen LogP) is 6.39. The SMILES string of the molecule is CCC(NC(=O)c1c(C[N+]2([O-])CCCC2)c(-c2ccccc2)nc2ccccc12)c1ccccc1. The molecule has 2 heterocycles. The highest BCUT2D eigenvalue weighted by Gasteiger charge is 2.30. The van der Waals surface area contributed by atoms with Gasteiger partial charge in [-0.15, -0.1) is 0 Å². The van der Waals surface area contributed by atoms with E-state index < -0.39 is 0 Å². The van der Waals surface area contributed by atoms with Crippen LogP contribution >= 0.6 is 0 Å². The second kappa shape index (κ2) is 9.98. The van der Waals surface area contributed by atoms with Gasteiger partial charge in [0.1, 0.15) is 6.54 Å². The molecule has 1 unspecified atom stereocenters. The molecule has 3 aromatic carbocycles. The molecule has 0 radical (unpaired) electrons. The third-order valence-electron chi connectivity index (χ3n) is 7.01. The van der Waals surface area contributed by atoms with Crippen LogP contribution in [0.25, 0.3) is 22.2 Å². The molecule has 1 aliphatic heterocycles. The van der Waals surface area contributed by atoms with Gasteiger partial charge in [0.2, 0.25) is 0 Å². The van der Waals surface area contributed by atoms with Crippen molar-refractivity contribution in [2.75, 3.05) is 13.1 Å². The lowest BCUT2D eigenvalue weighted by Gasteiger charge is -2.39. The summed E-state index contributed by atoms with van der Waals surface area (Å²) in [6.07, 6.45) is 2.60. The van der Waals surface area contributed by atoms with Crippen LogP contribution in [0.15, 0.2) is 84.9 Å². The van der Waals surface area contributed by atoms with Gasteiger partial charge >= 0.3 is 0 Å². The second-order valence-corrected chi connectivity index (χ2v) is 9.41. The minimum absolute atomic E-state index is 0.120. The van der Waals surface area contributed by atoms with Crippen LogP contribution in [0, 0.1) is 5.21 Å². The number of aromatic nitrogens is 1. The van der Waals surface area contributed by atoms with Crippen LogP contribution in [0.4, 0.5) is 0 Å². The van der Waals surface area contributed by atoms with Gasteiger partial charge in [-0.05, 0) is 18.1 Å². The van der Waals surface area contributed by atoms with Gasteiger partial charge in [0.25, 0.3) is 5.91 Å². The smallest absolute Gasteiger partial charge is 0.253 e. The summed E-state index contributed by atoms with van der Waals surface area (Å²) in [7, 11) is 0. The first kappa shape index (κ1) is 23.2. The maximum Gasteiger partial charge on any atom is 0.253 e. The number of rotatable bonds is 7. The van der Waals surface area contributed by atoms with E-state index in [2.05, 4.69) is 12.2 Å². The minimum Gasteiger partial charge on any atom is -0.633 e. The van der Waals surface area contributed by atoms with Crippen LogP contribution in [-0.4, -0.2) is 28.6 Å². The van der Waals surface area contributed by atoms with E-state index in [1.807, 2.05) is 84.9 Å². The molecule has 4 aromatic rings. The number of nitrogens with one attached hydrogen (secondary N) is 1. The molecular formula is C30H31N3O2. The van der Waals surface area contributed by atoms with Gasteiger partial charge in [-0.1, -0.05) is 85.8 Å². The summed E-state index contributed by atoms with van der Waals surface area (Å²) in [5.41, 5.74) is 4.78. The molecule has 1 amide bonds. The first-order valence-electron chi connectivity index (χ1n) is 12.5. The molecule has 5 heteroatoms. The summed E-state index contributed by atoms with van der Waals surface area (Å²) in [4.78, 5) is 19.0. The van der Waals surface area contributed by atoms with Gasteiger partial charge in [0.15, 0.2) is 0 Å². The number of hydroxylamine groups is 3. The highest BCUT2D eigenvalue weighted by Crippen LogP contribution is 2.34. The van der Waals surface area contributed by atoms with Gasteiger partial charge in [-0.3, -0.25) is 4.79 Å². The molecule has 1 atom stereocenters. The van der Waals surface area contributed by atoms with Crippen LogP contribution in [0.2, 0.25) is 0 Å². The van der Waals surface area contributed by atoms with E-state index in [1.54, 1.807) is 0 Å². The topological polar surface area (TPSA) is 65.0 Å². The van der Waals surface area contributed by atoms with E-state index in [-0.39, 0.29) is 23.1 Å². The highest BCUT2D eigenvalue weighted by molar-refractivity contribution is 6.09. The average Bonchev–Trinajstić information content (AvgIpc) is 3.33. The lowest BCUT2D eigenvalue weighted by atomic mass is 9.94. The summed E-state index contributed by atoms with van der Waals surface area (Å²) in [5.74, 6) is -0.155. The number of benzene rings is 3. The third-order valence-corrected chi connectivity index (χ3v) is 7.01. The first-order chi connectivity index (χ1) is 17.1. The number of pyridine rings is 1. The van der Waals surface area contributed by atoms with Crippen LogP contribution in [-0.2, 0) is 6.54 Å². The zero-order valence-electron chi connectivity index (χ0n) is 20.1. The average molecular weight is 466 g/mol. The fourth-order valence-corrected chi connectivity index (χ4v) is 5.19. The monoisotopic (exact) mass is 465 g/mol. The lowest BCUT2D eigenvalue weighted by molar-refractivity contribution is -0.881. The third kappa shape index (κ3) is 4.83. The van der Waals surface area contributed by atoms with E-state index in [1.165, 1.54) is 0 Å². The van der Waals surface area contributed by atoms with Crippen LogP contribution in [0.1, 0.15) is 53.7 Å². The fraction of sp³-hybridized carbons (Fsp3) is 0.267. The van der Waals surface area contributed by atoms with Gasteiger partial charge in [-0.2, -0.15) is 0 Å². The number of likely N-dealkylation sites (tertiary alicyclic amines) is 1. The molecule has 0 saturated carbocycles. The Labute approximate surface area is 206 Å². The summed E-state index contributed by atoms with van der Waals surface area (Å²) in [6.45, 7) is 3.46. The Kier molecular flexibility index (Phi) is 6.62. The molecule has 0 aliphatic carbocycles. The van der Waals surface area contributed by atoms with E-state index >= 15 is 0 Å². The van der Waals surface area contributed by atoms with Crippen molar-refractivity contribution in [1.82, 2.24) is 10.3 Å². The van der Waals surface area contributed by atoms with E-state index in [0.717, 1.165) is 52.5 Å². The maximum absolute atomic E-state index is 14.0. The van der Waals surface area contributed by atoms with E-state index in [0.29, 0.717) is 18.7 Å². The number of amides is 1. The largest absolute Gasteiger partial charge is 0.633 e.